The summed E-state index contributed by atoms with van der Waals surface area (Å²) in [5.41, 5.74) is 2.40. The highest BCUT2D eigenvalue weighted by atomic mass is 19.4. The molecule has 0 amide bonds. The third-order valence-electron chi connectivity index (χ3n) is 5.03. The van der Waals surface area contributed by atoms with E-state index in [1.54, 1.807) is 24.4 Å². The van der Waals surface area contributed by atoms with Gasteiger partial charge < -0.3 is 4.57 Å². The van der Waals surface area contributed by atoms with E-state index in [4.69, 9.17) is 0 Å². The fourth-order valence-electron chi connectivity index (χ4n) is 3.76. The summed E-state index contributed by atoms with van der Waals surface area (Å²) in [4.78, 5) is 8.32. The number of aliphatic imine (C=N–C) groups is 1. The molecule has 1 aliphatic rings. The number of hydrogen-bond acceptors (Lipinski definition) is 2. The lowest BCUT2D eigenvalue weighted by Crippen LogP contribution is -2.21. The first kappa shape index (κ1) is 17.8. The van der Waals surface area contributed by atoms with Gasteiger partial charge in [0.05, 0.1) is 16.7 Å². The second kappa shape index (κ2) is 7.18. The number of rotatable bonds is 3. The average molecular weight is 371 g/mol. The van der Waals surface area contributed by atoms with E-state index in [1.165, 1.54) is 4.57 Å². The Morgan fingerprint density at radius 2 is 1.74 bits per heavy atom. The van der Waals surface area contributed by atoms with E-state index < -0.39 is 12.0 Å². The van der Waals surface area contributed by atoms with E-state index in [0.29, 0.717) is 16.7 Å². The Morgan fingerprint density at radius 1 is 1.00 bits per heavy atom. The van der Waals surface area contributed by atoms with E-state index in [9.17, 15) is 13.2 Å². The Bertz CT molecular complexity index is 952. The van der Waals surface area contributed by atoms with Crippen LogP contribution >= 0.6 is 0 Å². The van der Waals surface area contributed by atoms with Crippen LogP contribution < -0.4 is 0 Å². The maximum atomic E-state index is 13.6. The molecule has 27 heavy (non-hydrogen) atoms. The molecule has 0 unspecified atom stereocenters. The Morgan fingerprint density at radius 3 is 2.44 bits per heavy atom. The van der Waals surface area contributed by atoms with Gasteiger partial charge in [0.2, 0.25) is 5.82 Å². The predicted molar refractivity (Wildman–Crippen MR) is 101 cm³/mol. The van der Waals surface area contributed by atoms with Gasteiger partial charge in [0.1, 0.15) is 0 Å². The summed E-state index contributed by atoms with van der Waals surface area (Å²) in [6, 6.07) is 14.5. The Kier molecular flexibility index (Phi) is 4.72. The smallest absolute Gasteiger partial charge is 0.317 e. The number of hydrogen-bond donors (Lipinski definition) is 0. The monoisotopic (exact) mass is 371 g/mol. The van der Waals surface area contributed by atoms with Crippen LogP contribution in [0.1, 0.15) is 49.5 Å². The number of benzene rings is 2. The Labute approximate surface area is 155 Å². The summed E-state index contributed by atoms with van der Waals surface area (Å²) in [6.45, 7) is 0. The van der Waals surface area contributed by atoms with Gasteiger partial charge >= 0.3 is 6.18 Å². The lowest BCUT2D eigenvalue weighted by molar-refractivity contribution is -0.147. The van der Waals surface area contributed by atoms with Crippen molar-refractivity contribution in [2.75, 3.05) is 0 Å². The van der Waals surface area contributed by atoms with Crippen molar-refractivity contribution in [1.82, 2.24) is 9.55 Å². The zero-order valence-corrected chi connectivity index (χ0v) is 14.8. The highest BCUT2D eigenvalue weighted by Crippen LogP contribution is 2.39. The van der Waals surface area contributed by atoms with Gasteiger partial charge in [-0.05, 0) is 36.6 Å². The van der Waals surface area contributed by atoms with Crippen LogP contribution in [0.15, 0.2) is 53.5 Å². The molecule has 1 saturated carbocycles. The van der Waals surface area contributed by atoms with Crippen molar-refractivity contribution in [3.8, 4) is 0 Å². The minimum atomic E-state index is -4.47. The van der Waals surface area contributed by atoms with Crippen molar-refractivity contribution in [2.45, 2.75) is 44.3 Å². The fourth-order valence-corrected chi connectivity index (χ4v) is 3.76. The zero-order chi connectivity index (χ0) is 18.9. The molecule has 0 saturated heterocycles. The maximum Gasteiger partial charge on any atom is 0.449 e. The van der Waals surface area contributed by atoms with E-state index >= 15 is 0 Å². The van der Waals surface area contributed by atoms with Crippen LogP contribution in [0, 0.1) is 0 Å². The van der Waals surface area contributed by atoms with Gasteiger partial charge in [-0.3, -0.25) is 4.99 Å². The number of fused-ring (bicyclic) bond motifs is 1. The van der Waals surface area contributed by atoms with Crippen molar-refractivity contribution in [1.29, 1.82) is 0 Å². The number of nitrogens with zero attached hydrogens (tertiary/aromatic N) is 3. The molecule has 2 aromatic carbocycles. The fraction of sp³-hybridized carbons (Fsp3) is 0.333. The highest BCUT2D eigenvalue weighted by molar-refractivity contribution is 5.85. The molecule has 1 heterocycles. The molecule has 6 heteroatoms. The zero-order valence-electron chi connectivity index (χ0n) is 14.8. The molecular weight excluding hydrogens is 351 g/mol. The van der Waals surface area contributed by atoms with Gasteiger partial charge in [-0.25, -0.2) is 4.98 Å². The summed E-state index contributed by atoms with van der Waals surface area (Å²) in [6.07, 6.45) is 1.77. The van der Waals surface area contributed by atoms with E-state index in [1.807, 2.05) is 30.3 Å². The van der Waals surface area contributed by atoms with Gasteiger partial charge in [-0.1, -0.05) is 49.6 Å². The SMILES string of the molecule is FC(F)(F)c1nc2cc(N=Cc3ccccc3)ccc2n1C1CCCCC1. The molecular formula is C21H20F3N3. The third kappa shape index (κ3) is 3.75. The summed E-state index contributed by atoms with van der Waals surface area (Å²) in [7, 11) is 0. The average Bonchev–Trinajstić information content (AvgIpc) is 3.07. The highest BCUT2D eigenvalue weighted by Gasteiger charge is 2.39. The second-order valence-corrected chi connectivity index (χ2v) is 6.94. The maximum absolute atomic E-state index is 13.6. The van der Waals surface area contributed by atoms with Crippen molar-refractivity contribution < 1.29 is 13.2 Å². The van der Waals surface area contributed by atoms with Gasteiger partial charge in [-0.15, -0.1) is 0 Å². The van der Waals surface area contributed by atoms with Crippen molar-refractivity contribution in [3.63, 3.8) is 0 Å². The van der Waals surface area contributed by atoms with Crippen LogP contribution in [0.25, 0.3) is 11.0 Å². The van der Waals surface area contributed by atoms with Crippen LogP contribution in [0.4, 0.5) is 18.9 Å². The van der Waals surface area contributed by atoms with Crippen LogP contribution in [0.3, 0.4) is 0 Å². The third-order valence-corrected chi connectivity index (χ3v) is 5.03. The first-order valence-electron chi connectivity index (χ1n) is 9.21. The first-order chi connectivity index (χ1) is 13.0. The largest absolute Gasteiger partial charge is 0.449 e. The van der Waals surface area contributed by atoms with Gasteiger partial charge in [0.15, 0.2) is 0 Å². The standard InChI is InChI=1S/C21H20F3N3/c22-21(23,24)20-26-18-13-16(25-14-15-7-3-1-4-8-15)11-12-19(18)27(20)17-9-5-2-6-10-17/h1,3-4,7-8,11-14,17H,2,5-6,9-10H2. The number of halogens is 3. The normalized spacial score (nSPS) is 16.4. The number of aromatic nitrogens is 2. The quantitative estimate of drug-likeness (QED) is 0.496. The molecule has 0 atom stereocenters. The van der Waals surface area contributed by atoms with Gasteiger partial charge in [-0.2, -0.15) is 13.2 Å². The van der Waals surface area contributed by atoms with E-state index in [0.717, 1.165) is 37.7 Å². The minimum absolute atomic E-state index is 0.140. The van der Waals surface area contributed by atoms with E-state index in [-0.39, 0.29) is 6.04 Å². The van der Waals surface area contributed by atoms with Gasteiger partial charge in [0, 0.05) is 12.3 Å². The molecule has 140 valence electrons. The Balaban J connectivity index is 1.74. The summed E-state index contributed by atoms with van der Waals surface area (Å²) < 4.78 is 42.2. The molecule has 4 rings (SSSR count). The topological polar surface area (TPSA) is 30.2 Å². The first-order valence-corrected chi connectivity index (χ1v) is 9.21. The molecule has 3 nitrogen and oxygen atoms in total. The lowest BCUT2D eigenvalue weighted by atomic mass is 9.95. The molecule has 3 aromatic rings. The molecule has 0 N–H and O–H groups in total. The summed E-state index contributed by atoms with van der Waals surface area (Å²) in [5, 5.41) is 0. The van der Waals surface area contributed by atoms with E-state index in [2.05, 4.69) is 9.98 Å². The minimum Gasteiger partial charge on any atom is -0.317 e. The molecule has 0 radical (unpaired) electrons. The molecule has 1 aromatic heterocycles. The molecule has 1 fully saturated rings. The molecule has 0 bridgehead atoms. The predicted octanol–water partition coefficient (Wildman–Crippen LogP) is 6.31. The van der Waals surface area contributed by atoms with Crippen molar-refractivity contribution >= 4 is 22.9 Å². The molecule has 0 aliphatic heterocycles. The van der Waals surface area contributed by atoms with Crippen LogP contribution in [-0.4, -0.2) is 15.8 Å². The number of imidazole rings is 1. The van der Waals surface area contributed by atoms with Crippen molar-refractivity contribution in [2.24, 2.45) is 4.99 Å². The van der Waals surface area contributed by atoms with Gasteiger partial charge in [0.25, 0.3) is 0 Å². The lowest BCUT2D eigenvalue weighted by Gasteiger charge is -2.26. The van der Waals surface area contributed by atoms with Crippen molar-refractivity contribution in [3.05, 3.63) is 59.9 Å². The van der Waals surface area contributed by atoms with Crippen LogP contribution in [-0.2, 0) is 6.18 Å². The van der Waals surface area contributed by atoms with Crippen LogP contribution in [0.5, 0.6) is 0 Å². The summed E-state index contributed by atoms with van der Waals surface area (Å²) >= 11 is 0. The number of alkyl halides is 3. The summed E-state index contributed by atoms with van der Waals surface area (Å²) in [5.74, 6) is -0.798. The second-order valence-electron chi connectivity index (χ2n) is 6.94. The Hall–Kier alpha value is -2.63. The molecule has 1 aliphatic carbocycles. The molecule has 0 spiro atoms. The van der Waals surface area contributed by atoms with Crippen LogP contribution in [0.2, 0.25) is 0 Å².